The van der Waals surface area contributed by atoms with Gasteiger partial charge in [0.15, 0.2) is 5.79 Å². The van der Waals surface area contributed by atoms with Crippen LogP contribution < -0.4 is 5.32 Å². The number of nitrogens with zero attached hydrogens (tertiary/aromatic N) is 1. The van der Waals surface area contributed by atoms with E-state index in [1.807, 2.05) is 0 Å². The van der Waals surface area contributed by atoms with Crippen molar-refractivity contribution < 1.29 is 14.3 Å². The predicted octanol–water partition coefficient (Wildman–Crippen LogP) is 2.44. The zero-order valence-corrected chi connectivity index (χ0v) is 15.0. The summed E-state index contributed by atoms with van der Waals surface area (Å²) in [5.41, 5.74) is 0. The SMILES string of the molecule is C[C@@H]1C[C@@H]2CCCC[C@@H]2N1CC(=O)NC1CCC2(CC1)OCCO2. The van der Waals surface area contributed by atoms with Crippen molar-refractivity contribution in [3.63, 3.8) is 0 Å². The molecule has 0 aromatic rings. The van der Waals surface area contributed by atoms with Crippen LogP contribution in [0.2, 0.25) is 0 Å². The van der Waals surface area contributed by atoms with E-state index in [9.17, 15) is 4.79 Å². The molecule has 0 bridgehead atoms. The van der Waals surface area contributed by atoms with Gasteiger partial charge in [0.25, 0.3) is 0 Å². The molecule has 0 aromatic heterocycles. The molecule has 5 nitrogen and oxygen atoms in total. The second-order valence-electron chi connectivity index (χ2n) is 8.32. The average Bonchev–Trinajstić information content (AvgIpc) is 3.16. The van der Waals surface area contributed by atoms with Gasteiger partial charge >= 0.3 is 0 Å². The molecule has 2 heterocycles. The van der Waals surface area contributed by atoms with E-state index in [0.29, 0.717) is 31.8 Å². The lowest BCUT2D eigenvalue weighted by Crippen LogP contribution is -2.49. The minimum atomic E-state index is -0.333. The van der Waals surface area contributed by atoms with Crippen molar-refractivity contribution in [2.24, 2.45) is 5.92 Å². The van der Waals surface area contributed by atoms with Gasteiger partial charge in [-0.25, -0.2) is 0 Å². The van der Waals surface area contributed by atoms with E-state index in [4.69, 9.17) is 9.47 Å². The third kappa shape index (κ3) is 3.35. The first-order valence-electron chi connectivity index (χ1n) is 9.98. The Labute approximate surface area is 145 Å². The van der Waals surface area contributed by atoms with Crippen molar-refractivity contribution in [1.82, 2.24) is 10.2 Å². The van der Waals surface area contributed by atoms with Gasteiger partial charge in [0.05, 0.1) is 19.8 Å². The molecule has 2 saturated heterocycles. The number of hydrogen-bond acceptors (Lipinski definition) is 4. The van der Waals surface area contributed by atoms with Crippen LogP contribution in [0.1, 0.15) is 64.7 Å². The van der Waals surface area contributed by atoms with Crippen molar-refractivity contribution in [1.29, 1.82) is 0 Å². The number of amides is 1. The van der Waals surface area contributed by atoms with Crippen LogP contribution >= 0.6 is 0 Å². The van der Waals surface area contributed by atoms with Crippen LogP contribution in [0.3, 0.4) is 0 Å². The van der Waals surface area contributed by atoms with Crippen LogP contribution in [-0.4, -0.2) is 54.5 Å². The standard InChI is InChI=1S/C19H32N2O3/c1-14-12-15-4-2-3-5-17(15)21(14)13-18(22)20-16-6-8-19(9-7-16)23-10-11-24-19/h14-17H,2-13H2,1H3,(H,20,22)/t14-,15+,17+/m1/s1. The van der Waals surface area contributed by atoms with E-state index in [1.54, 1.807) is 0 Å². The van der Waals surface area contributed by atoms with Crippen molar-refractivity contribution >= 4 is 5.91 Å². The number of rotatable bonds is 3. The van der Waals surface area contributed by atoms with E-state index in [2.05, 4.69) is 17.1 Å². The molecule has 4 fully saturated rings. The van der Waals surface area contributed by atoms with Gasteiger partial charge in [0.1, 0.15) is 0 Å². The lowest BCUT2D eigenvalue weighted by molar-refractivity contribution is -0.180. The minimum absolute atomic E-state index is 0.210. The normalized spacial score (nSPS) is 36.8. The highest BCUT2D eigenvalue weighted by atomic mass is 16.7. The van der Waals surface area contributed by atoms with Crippen molar-refractivity contribution in [2.75, 3.05) is 19.8 Å². The zero-order valence-electron chi connectivity index (χ0n) is 15.0. The van der Waals surface area contributed by atoms with Crippen LogP contribution in [-0.2, 0) is 14.3 Å². The molecule has 1 N–H and O–H groups in total. The van der Waals surface area contributed by atoms with Crippen LogP contribution in [0, 0.1) is 5.92 Å². The van der Waals surface area contributed by atoms with Gasteiger partial charge in [-0.1, -0.05) is 12.8 Å². The van der Waals surface area contributed by atoms with Crippen LogP contribution in [0.15, 0.2) is 0 Å². The number of ether oxygens (including phenoxy) is 2. The molecule has 3 atom stereocenters. The van der Waals surface area contributed by atoms with Crippen LogP contribution in [0.25, 0.3) is 0 Å². The second kappa shape index (κ2) is 6.93. The van der Waals surface area contributed by atoms with Crippen LogP contribution in [0.5, 0.6) is 0 Å². The zero-order chi connectivity index (χ0) is 16.6. The lowest BCUT2D eigenvalue weighted by Gasteiger charge is -2.36. The fourth-order valence-electron chi connectivity index (χ4n) is 5.50. The highest BCUT2D eigenvalue weighted by Crippen LogP contribution is 2.39. The first-order valence-corrected chi connectivity index (χ1v) is 9.98. The Balaban J connectivity index is 1.26. The molecule has 2 aliphatic heterocycles. The number of carbonyl (C=O) groups excluding carboxylic acids is 1. The van der Waals surface area contributed by atoms with Gasteiger partial charge in [-0.3, -0.25) is 9.69 Å². The molecule has 0 unspecified atom stereocenters. The number of nitrogens with one attached hydrogen (secondary N) is 1. The quantitative estimate of drug-likeness (QED) is 0.860. The molecule has 136 valence electrons. The minimum Gasteiger partial charge on any atom is -0.352 e. The second-order valence-corrected chi connectivity index (χ2v) is 8.32. The Hall–Kier alpha value is -0.650. The predicted molar refractivity (Wildman–Crippen MR) is 91.6 cm³/mol. The summed E-state index contributed by atoms with van der Waals surface area (Å²) in [6.45, 7) is 4.31. The van der Waals surface area contributed by atoms with Crippen molar-refractivity contribution in [3.8, 4) is 0 Å². The molecule has 4 rings (SSSR count). The summed E-state index contributed by atoms with van der Waals surface area (Å²) < 4.78 is 11.5. The van der Waals surface area contributed by atoms with Gasteiger partial charge < -0.3 is 14.8 Å². The highest BCUT2D eigenvalue weighted by molar-refractivity contribution is 5.78. The van der Waals surface area contributed by atoms with E-state index in [0.717, 1.165) is 31.6 Å². The van der Waals surface area contributed by atoms with Gasteiger partial charge in [0, 0.05) is 31.0 Å². The molecule has 2 aliphatic carbocycles. The summed E-state index contributed by atoms with van der Waals surface area (Å²) in [4.78, 5) is 15.1. The molecular weight excluding hydrogens is 304 g/mol. The lowest BCUT2D eigenvalue weighted by atomic mass is 9.85. The van der Waals surface area contributed by atoms with E-state index < -0.39 is 0 Å². The Morgan fingerprint density at radius 3 is 2.58 bits per heavy atom. The third-order valence-electron chi connectivity index (χ3n) is 6.76. The summed E-state index contributed by atoms with van der Waals surface area (Å²) in [6, 6.07) is 1.49. The Morgan fingerprint density at radius 2 is 1.83 bits per heavy atom. The van der Waals surface area contributed by atoms with Crippen molar-refractivity contribution in [2.45, 2.75) is 88.6 Å². The molecule has 5 heteroatoms. The molecule has 1 amide bonds. The molecule has 0 aromatic carbocycles. The highest BCUT2D eigenvalue weighted by Gasteiger charge is 2.42. The summed E-state index contributed by atoms with van der Waals surface area (Å²) in [5, 5.41) is 3.28. The Kier molecular flexibility index (Phi) is 4.85. The molecular formula is C19H32N2O3. The smallest absolute Gasteiger partial charge is 0.234 e. The summed E-state index contributed by atoms with van der Waals surface area (Å²) in [6.07, 6.45) is 10.4. The summed E-state index contributed by atoms with van der Waals surface area (Å²) in [7, 11) is 0. The molecule has 24 heavy (non-hydrogen) atoms. The Morgan fingerprint density at radius 1 is 1.12 bits per heavy atom. The van der Waals surface area contributed by atoms with E-state index in [-0.39, 0.29) is 17.7 Å². The average molecular weight is 336 g/mol. The van der Waals surface area contributed by atoms with E-state index in [1.165, 1.54) is 32.1 Å². The van der Waals surface area contributed by atoms with Gasteiger partial charge in [-0.15, -0.1) is 0 Å². The molecule has 4 aliphatic rings. The molecule has 1 spiro atoms. The topological polar surface area (TPSA) is 50.8 Å². The number of carbonyl (C=O) groups is 1. The van der Waals surface area contributed by atoms with E-state index >= 15 is 0 Å². The monoisotopic (exact) mass is 336 g/mol. The maximum Gasteiger partial charge on any atom is 0.234 e. The van der Waals surface area contributed by atoms with Gasteiger partial charge in [0.2, 0.25) is 5.91 Å². The third-order valence-corrected chi connectivity index (χ3v) is 6.76. The number of likely N-dealkylation sites (tertiary alicyclic amines) is 1. The van der Waals surface area contributed by atoms with Crippen LogP contribution in [0.4, 0.5) is 0 Å². The number of fused-ring (bicyclic) bond motifs is 1. The maximum atomic E-state index is 12.6. The summed E-state index contributed by atoms with van der Waals surface area (Å²) in [5.74, 6) is 0.704. The fourth-order valence-corrected chi connectivity index (χ4v) is 5.50. The fraction of sp³-hybridized carbons (Fsp3) is 0.947. The molecule has 2 saturated carbocycles. The first-order chi connectivity index (χ1) is 11.7. The summed E-state index contributed by atoms with van der Waals surface area (Å²) >= 11 is 0. The van der Waals surface area contributed by atoms with Crippen molar-refractivity contribution in [3.05, 3.63) is 0 Å². The largest absolute Gasteiger partial charge is 0.352 e. The van der Waals surface area contributed by atoms with Gasteiger partial charge in [-0.05, 0) is 44.9 Å². The Bertz CT molecular complexity index is 454. The van der Waals surface area contributed by atoms with Gasteiger partial charge in [-0.2, -0.15) is 0 Å². The first kappa shape index (κ1) is 16.8. The molecule has 0 radical (unpaired) electrons. The maximum absolute atomic E-state index is 12.6. The number of hydrogen-bond donors (Lipinski definition) is 1.